The summed E-state index contributed by atoms with van der Waals surface area (Å²) >= 11 is 0. The maximum atomic E-state index is 0. The molecule has 0 nitrogen and oxygen atoms in total. The molecule has 0 amide bonds. The summed E-state index contributed by atoms with van der Waals surface area (Å²) in [6.45, 7) is 0. The first kappa shape index (κ1) is 44.9. The van der Waals surface area contributed by atoms with E-state index >= 15 is 0 Å². The molecule has 4 heavy (non-hydrogen) atoms. The molecular weight excluding hydrogens is 316 g/mol. The van der Waals surface area contributed by atoms with Crippen LogP contribution in [-0.2, 0) is 22.4 Å². The first-order chi connectivity index (χ1) is 0. The fourth-order valence-electron chi connectivity index (χ4n) is 0. The summed E-state index contributed by atoms with van der Waals surface area (Å²) in [5, 5.41) is 0. The summed E-state index contributed by atoms with van der Waals surface area (Å²) < 4.78 is 0. The van der Waals surface area contributed by atoms with E-state index < -0.39 is 0 Å². The Morgan fingerprint density at radius 2 is 1.00 bits per heavy atom. The second-order valence-electron chi connectivity index (χ2n) is 0. The summed E-state index contributed by atoms with van der Waals surface area (Å²) in [5.41, 5.74) is 0. The van der Waals surface area contributed by atoms with Crippen molar-refractivity contribution in [3.05, 3.63) is 0 Å². The van der Waals surface area contributed by atoms with E-state index in [2.05, 4.69) is 0 Å². The first-order valence-corrected chi connectivity index (χ1v) is 0. The first-order valence-electron chi connectivity index (χ1n) is 0. The van der Waals surface area contributed by atoms with E-state index in [4.69, 9.17) is 0 Å². The second kappa shape index (κ2) is 22.8. The Morgan fingerprint density at radius 1 is 1.00 bits per heavy atom. The molecule has 3 heteroatoms. The van der Waals surface area contributed by atoms with Crippen molar-refractivity contribution < 1.29 is 22.4 Å². The third kappa shape index (κ3) is 9.42. The summed E-state index contributed by atoms with van der Waals surface area (Å²) in [7, 11) is 0. The van der Waals surface area contributed by atoms with Crippen LogP contribution in [0.15, 0.2) is 0 Å². The van der Waals surface area contributed by atoms with Crippen molar-refractivity contribution in [1.29, 1.82) is 0 Å². The van der Waals surface area contributed by atoms with Gasteiger partial charge in [-0.3, -0.25) is 0 Å². The smallest absolute Gasteiger partial charge is 0 e. The van der Waals surface area contributed by atoms with E-state index in [-0.39, 0.29) is 61.3 Å². The zero-order valence-corrected chi connectivity index (χ0v) is 7.64. The average molecular weight is 325 g/mol. The molecular formula is CH9AsAuS. The maximum Gasteiger partial charge on any atom is 0 e. The van der Waals surface area contributed by atoms with Crippen LogP contribution in [0.3, 0.4) is 0 Å². The minimum absolute atomic E-state index is 0. The summed E-state index contributed by atoms with van der Waals surface area (Å²) in [6.07, 6.45) is 0. The Hall–Kier alpha value is 1.65. The molecule has 0 spiro atoms. The minimum atomic E-state index is 0. The van der Waals surface area contributed by atoms with Gasteiger partial charge in [-0.25, -0.2) is 0 Å². The summed E-state index contributed by atoms with van der Waals surface area (Å²) in [5.74, 6) is 0. The Labute approximate surface area is 61.0 Å². The normalized spacial score (nSPS) is 0. The zero-order chi connectivity index (χ0) is 0. The van der Waals surface area contributed by atoms with Gasteiger partial charge in [-0.2, -0.15) is 13.5 Å². The molecule has 0 bridgehead atoms. The third-order valence-electron chi connectivity index (χ3n) is 0. The van der Waals surface area contributed by atoms with E-state index in [1.807, 2.05) is 0 Å². The molecule has 0 aliphatic heterocycles. The molecule has 0 aliphatic rings. The van der Waals surface area contributed by atoms with E-state index in [1.54, 1.807) is 0 Å². The van der Waals surface area contributed by atoms with Gasteiger partial charge in [0, 0.05) is 22.4 Å². The van der Waals surface area contributed by atoms with Crippen molar-refractivity contribution >= 4 is 31.4 Å². The van der Waals surface area contributed by atoms with Crippen LogP contribution in [0.1, 0.15) is 7.43 Å². The number of hydrogen-bond acceptors (Lipinski definition) is 0. The van der Waals surface area contributed by atoms with Crippen LogP contribution >= 0.6 is 13.5 Å². The van der Waals surface area contributed by atoms with E-state index in [1.165, 1.54) is 0 Å². The van der Waals surface area contributed by atoms with Gasteiger partial charge < -0.3 is 0 Å². The zero-order valence-electron chi connectivity index (χ0n) is 1.51. The van der Waals surface area contributed by atoms with E-state index in [0.29, 0.717) is 0 Å². The van der Waals surface area contributed by atoms with Crippen molar-refractivity contribution in [2.75, 3.05) is 0 Å². The fraction of sp³-hybridized carbons (Fsp3) is 1.00. The van der Waals surface area contributed by atoms with Gasteiger partial charge in [0.2, 0.25) is 0 Å². The van der Waals surface area contributed by atoms with Gasteiger partial charge in [-0.05, 0) is 0 Å². The predicted octanol–water partition coefficient (Wildman–Crippen LogP) is -0.438. The Bertz CT molecular complexity index is 8.00. The summed E-state index contributed by atoms with van der Waals surface area (Å²) in [6, 6.07) is 0. The van der Waals surface area contributed by atoms with Crippen LogP contribution in [0.25, 0.3) is 0 Å². The van der Waals surface area contributed by atoms with Crippen LogP contribution in [0, 0.1) is 0 Å². The van der Waals surface area contributed by atoms with E-state index in [0.717, 1.165) is 0 Å². The average Bonchev–Trinajstić information content (AvgIpc) is 0. The molecule has 1 radical (unpaired) electrons. The molecule has 0 rings (SSSR count). The second-order valence-corrected chi connectivity index (χ2v) is 0. The van der Waals surface area contributed by atoms with Crippen molar-refractivity contribution in [3.63, 3.8) is 0 Å². The topological polar surface area (TPSA) is 0 Å². The van der Waals surface area contributed by atoms with Gasteiger partial charge in [0.1, 0.15) is 0 Å². The Kier molecular flexibility index (Phi) is 256. The predicted molar refractivity (Wildman–Crippen MR) is 27.1 cm³/mol. The number of hydrogen-bond donors (Lipinski definition) is 0. The number of rotatable bonds is 0. The molecule has 0 aromatic carbocycles. The van der Waals surface area contributed by atoms with Gasteiger partial charge in [0.25, 0.3) is 0 Å². The Balaban J connectivity index is 0. The third-order valence-corrected chi connectivity index (χ3v) is 0. The molecule has 0 heterocycles. The van der Waals surface area contributed by atoms with Crippen LogP contribution in [-0.4, -0.2) is 18.0 Å². The minimum Gasteiger partial charge on any atom is 0 e. The van der Waals surface area contributed by atoms with Gasteiger partial charge >= 0.3 is 18.0 Å². The molecule has 0 aromatic heterocycles. The molecule has 0 aliphatic carbocycles. The molecule has 0 saturated heterocycles. The molecule has 0 N–H and O–H groups in total. The monoisotopic (exact) mass is 325 g/mol. The van der Waals surface area contributed by atoms with Crippen LogP contribution < -0.4 is 0 Å². The van der Waals surface area contributed by atoms with Crippen LogP contribution in [0.5, 0.6) is 0 Å². The van der Waals surface area contributed by atoms with Crippen molar-refractivity contribution in [2.24, 2.45) is 0 Å². The van der Waals surface area contributed by atoms with Gasteiger partial charge in [-0.1, -0.05) is 7.43 Å². The summed E-state index contributed by atoms with van der Waals surface area (Å²) in [4.78, 5) is 0. The van der Waals surface area contributed by atoms with Gasteiger partial charge in [-0.15, -0.1) is 0 Å². The molecule has 0 fully saturated rings. The fourth-order valence-corrected chi connectivity index (χ4v) is 0. The van der Waals surface area contributed by atoms with Crippen molar-refractivity contribution in [1.82, 2.24) is 0 Å². The van der Waals surface area contributed by atoms with Crippen LogP contribution in [0.2, 0.25) is 0 Å². The standard InChI is InChI=1S/CH4.AsH3.Au.H2S/h1H4;1H3;;1H2. The van der Waals surface area contributed by atoms with Crippen LogP contribution in [0.4, 0.5) is 0 Å². The van der Waals surface area contributed by atoms with E-state index in [9.17, 15) is 0 Å². The largest absolute Gasteiger partial charge is 0 e. The molecule has 35 valence electrons. The molecule has 0 saturated carbocycles. The molecule has 0 aromatic rings. The molecule has 1 atom stereocenters. The van der Waals surface area contributed by atoms with Gasteiger partial charge in [0.05, 0.1) is 0 Å². The molecule has 1 unspecified atom stereocenters. The quantitative estimate of drug-likeness (QED) is 0.530. The maximum absolute atomic E-state index is 0. The Morgan fingerprint density at radius 3 is 1.00 bits per heavy atom. The van der Waals surface area contributed by atoms with Crippen molar-refractivity contribution in [3.8, 4) is 0 Å². The SMILES string of the molecule is C.S.[AsH3].[Au]. The van der Waals surface area contributed by atoms with Gasteiger partial charge in [0.15, 0.2) is 0 Å². The van der Waals surface area contributed by atoms with Crippen molar-refractivity contribution in [2.45, 2.75) is 7.43 Å².